The summed E-state index contributed by atoms with van der Waals surface area (Å²) in [5.41, 5.74) is 1.87. The van der Waals surface area contributed by atoms with Crippen molar-refractivity contribution in [2.75, 3.05) is 20.5 Å². The lowest BCUT2D eigenvalue weighted by atomic mass is 9.93. The first-order chi connectivity index (χ1) is 8.26. The van der Waals surface area contributed by atoms with E-state index in [-0.39, 0.29) is 13.4 Å². The second-order valence-corrected chi connectivity index (χ2v) is 4.25. The summed E-state index contributed by atoms with van der Waals surface area (Å²) in [6.07, 6.45) is 0.981. The van der Waals surface area contributed by atoms with Gasteiger partial charge in [0.15, 0.2) is 6.79 Å². The summed E-state index contributed by atoms with van der Waals surface area (Å²) in [7, 11) is 1.59. The lowest BCUT2D eigenvalue weighted by Gasteiger charge is -2.26. The fourth-order valence-corrected chi connectivity index (χ4v) is 2.08. The number of methoxy groups -OCH3 is 1. The summed E-state index contributed by atoms with van der Waals surface area (Å²) in [5.74, 6) is 1.97. The molecule has 1 atom stereocenters. The predicted molar refractivity (Wildman–Crippen MR) is 63.4 cm³/mol. The number of hydrogen-bond acceptors (Lipinski definition) is 4. The van der Waals surface area contributed by atoms with Crippen LogP contribution in [-0.2, 0) is 11.3 Å². The van der Waals surface area contributed by atoms with Crippen molar-refractivity contribution in [3.05, 3.63) is 23.3 Å². The molecule has 0 saturated heterocycles. The van der Waals surface area contributed by atoms with Crippen LogP contribution in [0.25, 0.3) is 0 Å². The Labute approximate surface area is 101 Å². The van der Waals surface area contributed by atoms with Crippen LogP contribution < -0.4 is 9.47 Å². The lowest BCUT2D eigenvalue weighted by molar-refractivity contribution is 0.0493. The highest BCUT2D eigenvalue weighted by molar-refractivity contribution is 5.50. The zero-order valence-corrected chi connectivity index (χ0v) is 10.2. The van der Waals surface area contributed by atoms with Crippen LogP contribution >= 0.6 is 0 Å². The number of aliphatic hydroxyl groups is 1. The highest BCUT2D eigenvalue weighted by atomic mass is 16.7. The Morgan fingerprint density at radius 1 is 1.47 bits per heavy atom. The first-order valence-electron chi connectivity index (χ1n) is 5.78. The van der Waals surface area contributed by atoms with Gasteiger partial charge in [-0.3, -0.25) is 0 Å². The van der Waals surface area contributed by atoms with Gasteiger partial charge in [-0.2, -0.15) is 0 Å². The summed E-state index contributed by atoms with van der Waals surface area (Å²) in [6.45, 7) is 3.05. The van der Waals surface area contributed by atoms with Crippen LogP contribution in [0.4, 0.5) is 0 Å². The molecule has 0 bridgehead atoms. The average molecular weight is 238 g/mol. The summed E-state index contributed by atoms with van der Waals surface area (Å²) in [6, 6.07) is 3.73. The Bertz CT molecular complexity index is 389. The molecule has 1 heterocycles. The maximum atomic E-state index is 9.21. The van der Waals surface area contributed by atoms with Gasteiger partial charge >= 0.3 is 0 Å². The van der Waals surface area contributed by atoms with E-state index in [4.69, 9.17) is 14.2 Å². The summed E-state index contributed by atoms with van der Waals surface area (Å²) in [4.78, 5) is 0. The van der Waals surface area contributed by atoms with Crippen molar-refractivity contribution in [1.29, 1.82) is 0 Å². The van der Waals surface area contributed by atoms with E-state index in [0.717, 1.165) is 29.0 Å². The zero-order chi connectivity index (χ0) is 12.3. The van der Waals surface area contributed by atoms with Crippen molar-refractivity contribution in [2.24, 2.45) is 0 Å². The molecule has 1 N–H and O–H groups in total. The molecule has 2 rings (SSSR count). The van der Waals surface area contributed by atoms with Crippen molar-refractivity contribution in [3.8, 4) is 11.5 Å². The van der Waals surface area contributed by atoms with Crippen LogP contribution in [0, 0.1) is 0 Å². The van der Waals surface area contributed by atoms with Crippen LogP contribution in [-0.4, -0.2) is 25.6 Å². The molecular weight excluding hydrogens is 220 g/mol. The quantitative estimate of drug-likeness (QED) is 0.815. The molecule has 1 unspecified atom stereocenters. The third-order valence-electron chi connectivity index (χ3n) is 2.98. The van der Waals surface area contributed by atoms with Crippen molar-refractivity contribution >= 4 is 0 Å². The molecule has 0 radical (unpaired) electrons. The molecule has 0 aliphatic carbocycles. The summed E-state index contributed by atoms with van der Waals surface area (Å²) in [5, 5.41) is 9.21. The number of ether oxygens (including phenoxy) is 3. The molecule has 4 nitrogen and oxygen atoms in total. The van der Waals surface area contributed by atoms with E-state index >= 15 is 0 Å². The largest absolute Gasteiger partial charge is 0.493 e. The van der Waals surface area contributed by atoms with Crippen molar-refractivity contribution in [3.63, 3.8) is 0 Å². The molecule has 94 valence electrons. The van der Waals surface area contributed by atoms with E-state index in [1.54, 1.807) is 7.11 Å². The molecular formula is C13H18O4. The van der Waals surface area contributed by atoms with Gasteiger partial charge in [-0.25, -0.2) is 0 Å². The van der Waals surface area contributed by atoms with Crippen LogP contribution in [0.15, 0.2) is 12.1 Å². The van der Waals surface area contributed by atoms with E-state index < -0.39 is 0 Å². The Kier molecular flexibility index (Phi) is 3.86. The smallest absolute Gasteiger partial charge is 0.188 e. The number of benzene rings is 1. The molecule has 4 heteroatoms. The Hall–Kier alpha value is -1.26. The Morgan fingerprint density at radius 2 is 2.29 bits per heavy atom. The van der Waals surface area contributed by atoms with Gasteiger partial charge in [0.2, 0.25) is 0 Å². The first-order valence-corrected chi connectivity index (χ1v) is 5.78. The maximum Gasteiger partial charge on any atom is 0.188 e. The van der Waals surface area contributed by atoms with Crippen LogP contribution in [0.5, 0.6) is 11.5 Å². The fourth-order valence-electron chi connectivity index (χ4n) is 2.08. The van der Waals surface area contributed by atoms with Gasteiger partial charge in [-0.05, 0) is 30.0 Å². The molecule has 0 saturated carbocycles. The Balaban J connectivity index is 2.39. The fraction of sp³-hybridized carbons (Fsp3) is 0.538. The van der Waals surface area contributed by atoms with Gasteiger partial charge in [-0.15, -0.1) is 0 Å². The molecule has 0 amide bonds. The van der Waals surface area contributed by atoms with Gasteiger partial charge < -0.3 is 19.3 Å². The summed E-state index contributed by atoms with van der Waals surface area (Å²) >= 11 is 0. The third-order valence-corrected chi connectivity index (χ3v) is 2.98. The van der Waals surface area contributed by atoms with Gasteiger partial charge in [0.05, 0.1) is 13.2 Å². The van der Waals surface area contributed by atoms with Gasteiger partial charge in [0, 0.05) is 12.7 Å². The lowest BCUT2D eigenvalue weighted by Crippen LogP contribution is -2.14. The van der Waals surface area contributed by atoms with Crippen molar-refractivity contribution < 1.29 is 19.3 Å². The number of hydrogen-bond donors (Lipinski definition) is 1. The monoisotopic (exact) mass is 238 g/mol. The molecule has 17 heavy (non-hydrogen) atoms. The second kappa shape index (κ2) is 5.38. The first kappa shape index (κ1) is 12.2. The van der Waals surface area contributed by atoms with Gasteiger partial charge in [0.1, 0.15) is 11.5 Å². The standard InChI is InChI=1S/C13H18O4/c1-9-3-4-16-11-5-10(7-14)6-12(13(9)11)17-8-15-2/h5-6,9,14H,3-4,7-8H2,1-2H3. The highest BCUT2D eigenvalue weighted by Crippen LogP contribution is 2.41. The molecule has 1 aromatic carbocycles. The van der Waals surface area contributed by atoms with E-state index in [0.29, 0.717) is 12.5 Å². The van der Waals surface area contributed by atoms with Crippen molar-refractivity contribution in [2.45, 2.75) is 25.9 Å². The van der Waals surface area contributed by atoms with E-state index in [2.05, 4.69) is 6.92 Å². The van der Waals surface area contributed by atoms with E-state index in [9.17, 15) is 5.11 Å². The molecule has 0 aromatic heterocycles. The topological polar surface area (TPSA) is 47.9 Å². The minimum atomic E-state index is -0.0195. The second-order valence-electron chi connectivity index (χ2n) is 4.25. The van der Waals surface area contributed by atoms with Crippen molar-refractivity contribution in [1.82, 2.24) is 0 Å². The van der Waals surface area contributed by atoms with Crippen LogP contribution in [0.3, 0.4) is 0 Å². The van der Waals surface area contributed by atoms with Crippen LogP contribution in [0.1, 0.15) is 30.4 Å². The maximum absolute atomic E-state index is 9.21. The van der Waals surface area contributed by atoms with Gasteiger partial charge in [-0.1, -0.05) is 6.92 Å². The predicted octanol–water partition coefficient (Wildman–Crippen LogP) is 2.05. The Morgan fingerprint density at radius 3 is 3.00 bits per heavy atom. The number of rotatable bonds is 4. The average Bonchev–Trinajstić information content (AvgIpc) is 2.35. The molecule has 1 aromatic rings. The van der Waals surface area contributed by atoms with E-state index in [1.165, 1.54) is 0 Å². The SMILES string of the molecule is COCOc1cc(CO)cc2c1C(C)CCO2. The summed E-state index contributed by atoms with van der Waals surface area (Å²) < 4.78 is 16.1. The van der Waals surface area contributed by atoms with Crippen LogP contribution in [0.2, 0.25) is 0 Å². The minimum Gasteiger partial charge on any atom is -0.493 e. The van der Waals surface area contributed by atoms with E-state index in [1.807, 2.05) is 12.1 Å². The third kappa shape index (κ3) is 2.53. The highest BCUT2D eigenvalue weighted by Gasteiger charge is 2.23. The van der Waals surface area contributed by atoms with Gasteiger partial charge in [0.25, 0.3) is 0 Å². The molecule has 1 aliphatic rings. The molecule has 0 spiro atoms. The molecule has 0 fully saturated rings. The molecule has 1 aliphatic heterocycles. The zero-order valence-electron chi connectivity index (χ0n) is 10.2. The minimum absolute atomic E-state index is 0.0195. The number of aliphatic hydroxyl groups excluding tert-OH is 1. The normalized spacial score (nSPS) is 18.4. The number of fused-ring (bicyclic) bond motifs is 1.